The van der Waals surface area contributed by atoms with Gasteiger partial charge in [-0.15, -0.1) is 0 Å². The van der Waals surface area contributed by atoms with E-state index in [1.165, 1.54) is 19.3 Å². The average molecular weight is 319 g/mol. The molecule has 20 heavy (non-hydrogen) atoms. The summed E-state index contributed by atoms with van der Waals surface area (Å²) in [4.78, 5) is 0.172. The zero-order valence-corrected chi connectivity index (χ0v) is 14.1. The van der Waals surface area contributed by atoms with E-state index < -0.39 is 9.84 Å². The molecule has 0 fully saturated rings. The molecule has 1 aromatic heterocycles. The summed E-state index contributed by atoms with van der Waals surface area (Å²) in [5, 5.41) is 3.82. The summed E-state index contributed by atoms with van der Waals surface area (Å²) in [7, 11) is -3.33. The Bertz CT molecular complexity index is 512. The van der Waals surface area contributed by atoms with E-state index in [0.717, 1.165) is 24.4 Å². The molecule has 0 aliphatic carbocycles. The molecule has 0 bridgehead atoms. The van der Waals surface area contributed by atoms with Gasteiger partial charge in [0.25, 0.3) is 0 Å². The van der Waals surface area contributed by atoms with Crippen LogP contribution in [-0.2, 0) is 9.84 Å². The van der Waals surface area contributed by atoms with Gasteiger partial charge in [0.1, 0.15) is 9.90 Å². The van der Waals surface area contributed by atoms with Crippen molar-refractivity contribution in [3.8, 4) is 0 Å². The molecule has 0 aromatic carbocycles. The van der Waals surface area contributed by atoms with Gasteiger partial charge in [-0.1, -0.05) is 39.5 Å². The molecule has 1 atom stereocenters. The van der Waals surface area contributed by atoms with Crippen LogP contribution in [0.5, 0.6) is 0 Å². The van der Waals surface area contributed by atoms with E-state index in [-0.39, 0.29) is 22.5 Å². The van der Waals surface area contributed by atoms with Crippen molar-refractivity contribution >= 4 is 32.2 Å². The maximum atomic E-state index is 12.0. The number of sulfone groups is 1. The van der Waals surface area contributed by atoms with Crippen LogP contribution in [0.15, 0.2) is 4.90 Å². The average Bonchev–Trinajstić information content (AvgIpc) is 2.76. The van der Waals surface area contributed by atoms with E-state index in [9.17, 15) is 8.42 Å². The standard InChI is InChI=1S/C13H25N3O2S2/c1-4-6-7-8-9-10(3)15-13-11(12(14)16-19-13)20(17,18)5-2/h10,15H,4-9H2,1-3H3,(H2,14,16). The predicted octanol–water partition coefficient (Wildman–Crippen LogP) is 3.29. The number of nitrogens with one attached hydrogen (secondary N) is 1. The van der Waals surface area contributed by atoms with Gasteiger partial charge in [0, 0.05) is 6.04 Å². The van der Waals surface area contributed by atoms with Crippen LogP contribution in [0.2, 0.25) is 0 Å². The molecule has 0 spiro atoms. The van der Waals surface area contributed by atoms with E-state index >= 15 is 0 Å². The number of nitrogen functional groups attached to an aromatic ring is 1. The smallest absolute Gasteiger partial charge is 0.184 e. The van der Waals surface area contributed by atoms with E-state index in [4.69, 9.17) is 5.73 Å². The number of unbranched alkanes of at least 4 members (excludes halogenated alkanes) is 3. The number of nitrogens with two attached hydrogens (primary N) is 1. The summed E-state index contributed by atoms with van der Waals surface area (Å²) in [6.45, 7) is 5.86. The highest BCUT2D eigenvalue weighted by atomic mass is 32.2. The van der Waals surface area contributed by atoms with Gasteiger partial charge in [-0.25, -0.2) is 8.42 Å². The zero-order chi connectivity index (χ0) is 15.2. The van der Waals surface area contributed by atoms with Crippen LogP contribution in [0.25, 0.3) is 0 Å². The van der Waals surface area contributed by atoms with E-state index in [0.29, 0.717) is 5.00 Å². The highest BCUT2D eigenvalue weighted by Crippen LogP contribution is 2.33. The number of hydrogen-bond donors (Lipinski definition) is 2. The third-order valence-electron chi connectivity index (χ3n) is 3.23. The third kappa shape index (κ3) is 4.63. The van der Waals surface area contributed by atoms with Crippen LogP contribution >= 0.6 is 11.5 Å². The Morgan fingerprint density at radius 2 is 2.00 bits per heavy atom. The summed E-state index contributed by atoms with van der Waals surface area (Å²) in [5.41, 5.74) is 5.70. The molecule has 0 saturated carbocycles. The Morgan fingerprint density at radius 3 is 2.60 bits per heavy atom. The number of rotatable bonds is 9. The van der Waals surface area contributed by atoms with Crippen molar-refractivity contribution in [2.45, 2.75) is 63.8 Å². The molecule has 0 radical (unpaired) electrons. The van der Waals surface area contributed by atoms with Gasteiger partial charge < -0.3 is 11.1 Å². The summed E-state index contributed by atoms with van der Waals surface area (Å²) in [6, 6.07) is 0.220. The fraction of sp³-hybridized carbons (Fsp3) is 0.769. The first-order chi connectivity index (χ1) is 9.42. The van der Waals surface area contributed by atoms with Crippen LogP contribution < -0.4 is 11.1 Å². The molecule has 0 aliphatic heterocycles. The highest BCUT2D eigenvalue weighted by molar-refractivity contribution is 7.91. The summed E-state index contributed by atoms with van der Waals surface area (Å²) in [6.07, 6.45) is 5.84. The van der Waals surface area contributed by atoms with Gasteiger partial charge in [-0.2, -0.15) is 4.37 Å². The fourth-order valence-electron chi connectivity index (χ4n) is 2.00. The lowest BCUT2D eigenvalue weighted by Crippen LogP contribution is -2.17. The molecule has 1 heterocycles. The van der Waals surface area contributed by atoms with Crippen molar-refractivity contribution in [1.29, 1.82) is 0 Å². The minimum atomic E-state index is -3.33. The van der Waals surface area contributed by atoms with Crippen molar-refractivity contribution in [2.75, 3.05) is 16.8 Å². The minimum absolute atomic E-state index is 0.0369. The molecular weight excluding hydrogens is 294 g/mol. The Morgan fingerprint density at radius 1 is 1.30 bits per heavy atom. The second-order valence-corrected chi connectivity index (χ2v) is 8.01. The molecule has 0 amide bonds. The largest absolute Gasteiger partial charge is 0.382 e. The molecule has 1 unspecified atom stereocenters. The van der Waals surface area contributed by atoms with E-state index in [1.54, 1.807) is 6.92 Å². The first kappa shape index (κ1) is 17.2. The summed E-state index contributed by atoms with van der Waals surface area (Å²) < 4.78 is 28.0. The second kappa shape index (κ2) is 7.83. The van der Waals surface area contributed by atoms with Crippen molar-refractivity contribution < 1.29 is 8.42 Å². The van der Waals surface area contributed by atoms with Crippen molar-refractivity contribution in [1.82, 2.24) is 4.37 Å². The molecule has 0 saturated heterocycles. The lowest BCUT2D eigenvalue weighted by molar-refractivity contribution is 0.591. The van der Waals surface area contributed by atoms with Crippen LogP contribution in [0, 0.1) is 0 Å². The Labute approximate surface area is 126 Å². The van der Waals surface area contributed by atoms with Crippen molar-refractivity contribution in [2.24, 2.45) is 0 Å². The topological polar surface area (TPSA) is 85.1 Å². The fourth-order valence-corrected chi connectivity index (χ4v) is 4.27. The number of anilines is 2. The second-order valence-electron chi connectivity index (χ2n) is 5.02. The number of hydrogen-bond acceptors (Lipinski definition) is 6. The summed E-state index contributed by atoms with van der Waals surface area (Å²) in [5.74, 6) is 0.146. The van der Waals surface area contributed by atoms with Crippen LogP contribution in [-0.4, -0.2) is 24.6 Å². The highest BCUT2D eigenvalue weighted by Gasteiger charge is 2.24. The molecule has 7 heteroatoms. The number of aromatic nitrogens is 1. The lowest BCUT2D eigenvalue weighted by atomic mass is 10.1. The number of nitrogens with zero attached hydrogens (tertiary/aromatic N) is 1. The maximum absolute atomic E-state index is 12.0. The van der Waals surface area contributed by atoms with Gasteiger partial charge in [0.15, 0.2) is 15.7 Å². The normalized spacial score (nSPS) is 13.3. The molecule has 5 nitrogen and oxygen atoms in total. The molecule has 1 aromatic rings. The molecule has 0 aliphatic rings. The Kier molecular flexibility index (Phi) is 6.75. The predicted molar refractivity (Wildman–Crippen MR) is 86.1 cm³/mol. The van der Waals surface area contributed by atoms with E-state index in [2.05, 4.69) is 23.5 Å². The molecule has 116 valence electrons. The third-order valence-corrected chi connectivity index (χ3v) is 5.95. The maximum Gasteiger partial charge on any atom is 0.184 e. The Hall–Kier alpha value is -0.820. The van der Waals surface area contributed by atoms with Crippen LogP contribution in [0.3, 0.4) is 0 Å². The van der Waals surface area contributed by atoms with Crippen LogP contribution in [0.4, 0.5) is 10.8 Å². The monoisotopic (exact) mass is 319 g/mol. The summed E-state index contributed by atoms with van der Waals surface area (Å²) >= 11 is 1.13. The molecule has 1 rings (SSSR count). The first-order valence-corrected chi connectivity index (χ1v) is 9.59. The van der Waals surface area contributed by atoms with Gasteiger partial charge >= 0.3 is 0 Å². The lowest BCUT2D eigenvalue weighted by Gasteiger charge is -2.14. The molecular formula is C13H25N3O2S2. The molecule has 3 N–H and O–H groups in total. The quantitative estimate of drug-likeness (QED) is 0.682. The van der Waals surface area contributed by atoms with Crippen molar-refractivity contribution in [3.05, 3.63) is 0 Å². The van der Waals surface area contributed by atoms with E-state index in [1.807, 2.05) is 0 Å². The minimum Gasteiger partial charge on any atom is -0.382 e. The first-order valence-electron chi connectivity index (χ1n) is 7.16. The van der Waals surface area contributed by atoms with Gasteiger partial charge in [-0.05, 0) is 24.9 Å². The van der Waals surface area contributed by atoms with Gasteiger partial charge in [0.05, 0.1) is 5.75 Å². The SMILES string of the molecule is CCCCCCC(C)Nc1snc(N)c1S(=O)(=O)CC. The Balaban J connectivity index is 2.69. The van der Waals surface area contributed by atoms with Gasteiger partial charge in [-0.3, -0.25) is 0 Å². The van der Waals surface area contributed by atoms with Gasteiger partial charge in [0.2, 0.25) is 0 Å². The van der Waals surface area contributed by atoms with Crippen LogP contribution in [0.1, 0.15) is 52.9 Å². The zero-order valence-electron chi connectivity index (χ0n) is 12.5. The van der Waals surface area contributed by atoms with Crippen molar-refractivity contribution in [3.63, 3.8) is 0 Å².